The number of nitrogens with zero attached hydrogens (tertiary/aromatic N) is 1. The second-order valence-electron chi connectivity index (χ2n) is 15.5. The number of unbranched alkanes of at least 4 members (excludes halogenated alkanes) is 21. The zero-order valence-corrected chi connectivity index (χ0v) is 34.4. The molecule has 1 heterocycles. The van der Waals surface area contributed by atoms with Crippen molar-refractivity contribution in [3.63, 3.8) is 0 Å². The average Bonchev–Trinajstić information content (AvgIpc) is 3.19. The molecule has 0 saturated carbocycles. The smallest absolute Gasteiger partial charge is 0.407 e. The molecule has 5 N–H and O–H groups in total. The fourth-order valence-electron chi connectivity index (χ4n) is 7.28. The molecule has 11 heteroatoms. The van der Waals surface area contributed by atoms with Crippen LogP contribution in [-0.4, -0.2) is 88.4 Å². The van der Waals surface area contributed by atoms with Crippen molar-refractivity contribution in [2.24, 2.45) is 0 Å². The van der Waals surface area contributed by atoms with Gasteiger partial charge in [0, 0.05) is 13.0 Å². The number of nitrogens with one attached hydrogen (secondary N) is 2. The molecule has 0 aliphatic carbocycles. The lowest BCUT2D eigenvalue weighted by Crippen LogP contribution is -2.69. The van der Waals surface area contributed by atoms with Gasteiger partial charge in [-0.25, -0.2) is 4.79 Å². The molecule has 1 fully saturated rings. The third-order valence-corrected chi connectivity index (χ3v) is 10.7. The molecular formula is C44H77N3O8. The second-order valence-corrected chi connectivity index (χ2v) is 15.5. The number of carbonyl (C=O) groups excluding carboxylic acids is 3. The van der Waals surface area contributed by atoms with Crippen LogP contribution in [0.5, 0.6) is 0 Å². The molecule has 1 aliphatic heterocycles. The third kappa shape index (κ3) is 21.4. The van der Waals surface area contributed by atoms with Gasteiger partial charge < -0.3 is 40.3 Å². The monoisotopic (exact) mass is 776 g/mol. The highest BCUT2D eigenvalue weighted by Crippen LogP contribution is 2.26. The maximum absolute atomic E-state index is 13.9. The van der Waals surface area contributed by atoms with Gasteiger partial charge in [-0.2, -0.15) is 0 Å². The van der Waals surface area contributed by atoms with E-state index >= 15 is 0 Å². The highest BCUT2D eigenvalue weighted by atomic mass is 16.6. The SMILES string of the molecule is CCCCCCCCCCCCCCN(C(=O)CCCCCCCCCCCCC)[C@@H]1O[C@H](CO)[C@@H](O)[C@H](O)[C@H]1NC(=O)CNC(=O)OCc1ccccc1. The summed E-state index contributed by atoms with van der Waals surface area (Å²) < 4.78 is 11.3. The zero-order valence-electron chi connectivity index (χ0n) is 34.4. The molecule has 1 saturated heterocycles. The van der Waals surface area contributed by atoms with E-state index < -0.39 is 55.7 Å². The highest BCUT2D eigenvalue weighted by molar-refractivity contribution is 5.82. The predicted molar refractivity (Wildman–Crippen MR) is 218 cm³/mol. The van der Waals surface area contributed by atoms with Crippen molar-refractivity contribution in [3.8, 4) is 0 Å². The fraction of sp³-hybridized carbons (Fsp3) is 0.795. The Morgan fingerprint density at radius 3 is 1.69 bits per heavy atom. The van der Waals surface area contributed by atoms with Crippen LogP contribution in [0, 0.1) is 0 Å². The van der Waals surface area contributed by atoms with Gasteiger partial charge in [-0.15, -0.1) is 0 Å². The minimum atomic E-state index is -1.52. The largest absolute Gasteiger partial charge is 0.445 e. The van der Waals surface area contributed by atoms with Crippen LogP contribution < -0.4 is 10.6 Å². The maximum atomic E-state index is 13.9. The zero-order chi connectivity index (χ0) is 39.9. The molecule has 2 rings (SSSR count). The van der Waals surface area contributed by atoms with Crippen molar-refractivity contribution in [2.45, 2.75) is 205 Å². The Morgan fingerprint density at radius 1 is 0.691 bits per heavy atom. The Kier molecular flexibility index (Phi) is 27.6. The Bertz CT molecular complexity index is 1130. The van der Waals surface area contributed by atoms with Crippen LogP contribution in [0.1, 0.15) is 174 Å². The lowest BCUT2D eigenvalue weighted by atomic mass is 9.94. The summed E-state index contributed by atoms with van der Waals surface area (Å²) in [5, 5.41) is 37.1. The van der Waals surface area contributed by atoms with E-state index in [1.165, 1.54) is 96.3 Å². The van der Waals surface area contributed by atoms with E-state index in [-0.39, 0.29) is 12.5 Å². The van der Waals surface area contributed by atoms with Gasteiger partial charge in [0.1, 0.15) is 37.5 Å². The number of rotatable bonds is 32. The topological polar surface area (TPSA) is 158 Å². The van der Waals surface area contributed by atoms with Gasteiger partial charge in [0.2, 0.25) is 11.8 Å². The van der Waals surface area contributed by atoms with Gasteiger partial charge >= 0.3 is 6.09 Å². The first-order chi connectivity index (χ1) is 26.8. The van der Waals surface area contributed by atoms with Crippen LogP contribution in [0.15, 0.2) is 30.3 Å². The molecular weight excluding hydrogens is 698 g/mol. The summed E-state index contributed by atoms with van der Waals surface area (Å²) in [6, 6.07) is 7.96. The van der Waals surface area contributed by atoms with E-state index in [4.69, 9.17) is 9.47 Å². The molecule has 1 aliphatic rings. The number of ether oxygens (including phenoxy) is 2. The number of benzene rings is 1. The Balaban J connectivity index is 1.98. The van der Waals surface area contributed by atoms with Gasteiger partial charge in [-0.05, 0) is 18.4 Å². The molecule has 1 aromatic rings. The van der Waals surface area contributed by atoms with Gasteiger partial charge in [0.25, 0.3) is 0 Å². The molecule has 1 aromatic carbocycles. The van der Waals surface area contributed by atoms with E-state index in [9.17, 15) is 29.7 Å². The molecule has 0 bridgehead atoms. The summed E-state index contributed by atoms with van der Waals surface area (Å²) in [6.45, 7) is 3.85. The third-order valence-electron chi connectivity index (χ3n) is 10.7. The van der Waals surface area contributed by atoms with Crippen molar-refractivity contribution in [1.82, 2.24) is 15.5 Å². The number of carbonyl (C=O) groups is 3. The highest BCUT2D eigenvalue weighted by Gasteiger charge is 2.48. The number of amides is 3. The van der Waals surface area contributed by atoms with Gasteiger partial charge in [-0.3, -0.25) is 9.59 Å². The van der Waals surface area contributed by atoms with Crippen LogP contribution in [0.2, 0.25) is 0 Å². The van der Waals surface area contributed by atoms with Crippen LogP contribution in [-0.2, 0) is 25.7 Å². The Morgan fingerprint density at radius 2 is 1.18 bits per heavy atom. The van der Waals surface area contributed by atoms with E-state index in [0.29, 0.717) is 13.0 Å². The van der Waals surface area contributed by atoms with Crippen LogP contribution in [0.4, 0.5) is 4.79 Å². The molecule has 3 amide bonds. The summed E-state index contributed by atoms with van der Waals surface area (Å²) in [5.74, 6) is -0.793. The Labute approximate surface area is 332 Å². The number of aliphatic hydroxyl groups excluding tert-OH is 3. The van der Waals surface area contributed by atoms with Crippen LogP contribution in [0.3, 0.4) is 0 Å². The number of alkyl carbamates (subject to hydrolysis) is 1. The first kappa shape index (κ1) is 48.4. The van der Waals surface area contributed by atoms with Gasteiger partial charge in [0.05, 0.1) is 6.61 Å². The summed E-state index contributed by atoms with van der Waals surface area (Å²) in [6.07, 6.45) is 21.2. The molecule has 0 radical (unpaired) electrons. The first-order valence-corrected chi connectivity index (χ1v) is 22.0. The minimum absolute atomic E-state index is 0.0373. The number of hydrogen-bond donors (Lipinski definition) is 5. The lowest BCUT2D eigenvalue weighted by Gasteiger charge is -2.47. The molecule has 11 nitrogen and oxygen atoms in total. The molecule has 0 aromatic heterocycles. The minimum Gasteiger partial charge on any atom is -0.445 e. The maximum Gasteiger partial charge on any atom is 0.407 e. The standard InChI is InChI=1S/C44H77N3O8/c1-3-5-7-9-11-13-15-17-19-21-23-28-32-47(39(50)31-27-22-20-18-16-14-12-10-8-6-4-2)43-40(42(52)41(51)37(34-48)55-43)46-38(49)33-45-44(53)54-35-36-29-25-24-26-30-36/h24-26,29-30,37,40-43,48,51-52H,3-23,27-28,31-35H2,1-2H3,(H,45,53)(H,46,49)/t37-,40-,41-,42-,43-/m1/s1. The lowest BCUT2D eigenvalue weighted by molar-refractivity contribution is -0.231. The molecule has 0 spiro atoms. The number of aliphatic hydroxyl groups is 3. The summed E-state index contributed by atoms with van der Waals surface area (Å²) in [7, 11) is 0. The summed E-state index contributed by atoms with van der Waals surface area (Å²) in [4.78, 5) is 40.9. The van der Waals surface area contributed by atoms with E-state index in [1.54, 1.807) is 4.90 Å². The van der Waals surface area contributed by atoms with Gasteiger partial charge in [-0.1, -0.05) is 179 Å². The van der Waals surface area contributed by atoms with Crippen molar-refractivity contribution in [1.29, 1.82) is 0 Å². The van der Waals surface area contributed by atoms with Crippen LogP contribution in [0.25, 0.3) is 0 Å². The normalized spacial score (nSPS) is 19.5. The summed E-state index contributed by atoms with van der Waals surface area (Å²) in [5.41, 5.74) is 0.797. The number of hydrogen-bond acceptors (Lipinski definition) is 8. The van der Waals surface area contributed by atoms with Crippen molar-refractivity contribution >= 4 is 17.9 Å². The summed E-state index contributed by atoms with van der Waals surface area (Å²) >= 11 is 0. The Hall–Kier alpha value is -2.73. The van der Waals surface area contributed by atoms with E-state index in [0.717, 1.165) is 56.9 Å². The van der Waals surface area contributed by atoms with Crippen molar-refractivity contribution < 1.29 is 39.2 Å². The van der Waals surface area contributed by atoms with Crippen molar-refractivity contribution in [3.05, 3.63) is 35.9 Å². The van der Waals surface area contributed by atoms with Gasteiger partial charge in [0.15, 0.2) is 6.23 Å². The van der Waals surface area contributed by atoms with E-state index in [1.807, 2.05) is 30.3 Å². The van der Waals surface area contributed by atoms with Crippen LogP contribution >= 0.6 is 0 Å². The second kappa shape index (κ2) is 31.4. The molecule has 316 valence electrons. The average molecular weight is 776 g/mol. The fourth-order valence-corrected chi connectivity index (χ4v) is 7.28. The first-order valence-electron chi connectivity index (χ1n) is 22.0. The molecule has 0 unspecified atom stereocenters. The van der Waals surface area contributed by atoms with Crippen molar-refractivity contribution in [2.75, 3.05) is 19.7 Å². The van der Waals surface area contributed by atoms with E-state index in [2.05, 4.69) is 24.5 Å². The quantitative estimate of drug-likeness (QED) is 0.0460. The molecule has 5 atom stereocenters. The predicted octanol–water partition coefficient (Wildman–Crippen LogP) is 8.07. The molecule has 55 heavy (non-hydrogen) atoms.